The van der Waals surface area contributed by atoms with Crippen LogP contribution in [0.5, 0.6) is 0 Å². The van der Waals surface area contributed by atoms with Gasteiger partial charge in [-0.25, -0.2) is 4.98 Å². The molecular formula is C20H24N4O2S. The van der Waals surface area contributed by atoms with E-state index in [0.29, 0.717) is 28.2 Å². The predicted molar refractivity (Wildman–Crippen MR) is 107 cm³/mol. The number of carbonyl (C=O) groups excluding carboxylic acids is 2. The van der Waals surface area contributed by atoms with E-state index >= 15 is 0 Å². The molecule has 1 aliphatic heterocycles. The van der Waals surface area contributed by atoms with Crippen molar-refractivity contribution in [1.29, 1.82) is 0 Å². The number of benzene rings is 1. The van der Waals surface area contributed by atoms with Crippen LogP contribution >= 0.6 is 11.3 Å². The second-order valence-electron chi connectivity index (χ2n) is 7.44. The highest BCUT2D eigenvalue weighted by Crippen LogP contribution is 2.38. The monoisotopic (exact) mass is 384 g/mol. The van der Waals surface area contributed by atoms with Gasteiger partial charge >= 0.3 is 0 Å². The number of rotatable bonds is 5. The van der Waals surface area contributed by atoms with E-state index in [9.17, 15) is 9.59 Å². The van der Waals surface area contributed by atoms with Gasteiger partial charge in [-0.2, -0.15) is 0 Å². The van der Waals surface area contributed by atoms with E-state index in [-0.39, 0.29) is 17.7 Å². The Balaban J connectivity index is 1.38. The first kappa shape index (κ1) is 18.1. The van der Waals surface area contributed by atoms with Gasteiger partial charge in [0.05, 0.1) is 0 Å². The molecule has 2 aliphatic rings. The minimum absolute atomic E-state index is 0.0339. The molecule has 1 saturated carbocycles. The first-order valence-electron chi connectivity index (χ1n) is 9.49. The number of hydrogen-bond donors (Lipinski definition) is 3. The van der Waals surface area contributed by atoms with Gasteiger partial charge in [0.2, 0.25) is 5.91 Å². The third-order valence-corrected chi connectivity index (χ3v) is 6.40. The summed E-state index contributed by atoms with van der Waals surface area (Å²) in [6.45, 7) is 4.13. The van der Waals surface area contributed by atoms with Gasteiger partial charge < -0.3 is 10.6 Å². The molecule has 2 fully saturated rings. The fraction of sp³-hybridized carbons (Fsp3) is 0.450. The Labute approximate surface area is 162 Å². The molecule has 3 N–H and O–H groups in total. The molecule has 7 heteroatoms. The topological polar surface area (TPSA) is 83.1 Å². The van der Waals surface area contributed by atoms with E-state index in [2.05, 4.69) is 27.9 Å². The summed E-state index contributed by atoms with van der Waals surface area (Å²) >= 11 is 1.55. The summed E-state index contributed by atoms with van der Waals surface area (Å²) in [4.78, 5) is 30.2. The lowest BCUT2D eigenvalue weighted by atomic mass is 9.97. The van der Waals surface area contributed by atoms with Crippen LogP contribution in [-0.4, -0.2) is 29.9 Å². The van der Waals surface area contributed by atoms with Crippen LogP contribution in [0.1, 0.15) is 47.3 Å². The molecule has 1 aromatic heterocycles. The van der Waals surface area contributed by atoms with Crippen LogP contribution in [0.2, 0.25) is 0 Å². The van der Waals surface area contributed by atoms with E-state index in [1.54, 1.807) is 35.6 Å². The molecular weight excluding hydrogens is 360 g/mol. The molecule has 1 aliphatic carbocycles. The standard InChI is InChI=1S/C20H24N4O2S/c1-12-9-16(12)19(26)23-15-4-2-3-14(10-15)18(25)24-20-22-11-17(27-20)13-5-7-21-8-6-13/h2-4,10-13,16,21H,5-9H2,1H3,(H,23,26)(H,22,24,25). The largest absolute Gasteiger partial charge is 0.326 e. The average molecular weight is 385 g/mol. The maximum Gasteiger partial charge on any atom is 0.257 e. The quantitative estimate of drug-likeness (QED) is 0.737. The molecule has 2 heterocycles. The zero-order valence-electron chi connectivity index (χ0n) is 15.3. The third-order valence-electron chi connectivity index (χ3n) is 5.32. The van der Waals surface area contributed by atoms with Crippen LogP contribution < -0.4 is 16.0 Å². The number of thiazole rings is 1. The van der Waals surface area contributed by atoms with Gasteiger partial charge in [-0.15, -0.1) is 11.3 Å². The summed E-state index contributed by atoms with van der Waals surface area (Å²) in [7, 11) is 0. The van der Waals surface area contributed by atoms with Crippen LogP contribution in [0, 0.1) is 11.8 Å². The molecule has 1 aromatic carbocycles. The van der Waals surface area contributed by atoms with Gasteiger partial charge in [-0.05, 0) is 62.4 Å². The van der Waals surface area contributed by atoms with Crippen molar-refractivity contribution in [3.05, 3.63) is 40.9 Å². The van der Waals surface area contributed by atoms with Crippen molar-refractivity contribution in [2.45, 2.75) is 32.1 Å². The zero-order valence-corrected chi connectivity index (χ0v) is 16.1. The lowest BCUT2D eigenvalue weighted by molar-refractivity contribution is -0.117. The summed E-state index contributed by atoms with van der Waals surface area (Å²) in [6, 6.07) is 7.04. The van der Waals surface area contributed by atoms with Gasteiger partial charge in [0.15, 0.2) is 5.13 Å². The van der Waals surface area contributed by atoms with Gasteiger partial charge in [-0.3, -0.25) is 14.9 Å². The fourth-order valence-electron chi connectivity index (χ4n) is 3.47. The van der Waals surface area contributed by atoms with Crippen molar-refractivity contribution < 1.29 is 9.59 Å². The summed E-state index contributed by atoms with van der Waals surface area (Å²) in [6.07, 6.45) is 5.03. The number of amides is 2. The molecule has 0 radical (unpaired) electrons. The molecule has 2 amide bonds. The fourth-order valence-corrected chi connectivity index (χ4v) is 4.45. The molecule has 2 atom stereocenters. The Hall–Kier alpha value is -2.25. The minimum atomic E-state index is -0.211. The summed E-state index contributed by atoms with van der Waals surface area (Å²) in [5, 5.41) is 9.76. The van der Waals surface area contributed by atoms with Crippen molar-refractivity contribution in [2.75, 3.05) is 23.7 Å². The Morgan fingerprint density at radius 1 is 1.22 bits per heavy atom. The highest BCUT2D eigenvalue weighted by atomic mass is 32.1. The highest BCUT2D eigenvalue weighted by molar-refractivity contribution is 7.15. The van der Waals surface area contributed by atoms with Crippen LogP contribution in [0.3, 0.4) is 0 Å². The van der Waals surface area contributed by atoms with E-state index in [0.717, 1.165) is 32.4 Å². The average Bonchev–Trinajstić information content (AvgIpc) is 3.24. The normalized spacial score (nSPS) is 22.3. The molecule has 2 unspecified atom stereocenters. The van der Waals surface area contributed by atoms with Crippen LogP contribution in [0.25, 0.3) is 0 Å². The third kappa shape index (κ3) is 4.36. The van der Waals surface area contributed by atoms with Gasteiger partial charge in [-0.1, -0.05) is 13.0 Å². The Morgan fingerprint density at radius 3 is 2.74 bits per heavy atom. The van der Waals surface area contributed by atoms with Crippen molar-refractivity contribution in [1.82, 2.24) is 10.3 Å². The molecule has 6 nitrogen and oxygen atoms in total. The highest BCUT2D eigenvalue weighted by Gasteiger charge is 2.39. The van der Waals surface area contributed by atoms with Crippen molar-refractivity contribution >= 4 is 34.0 Å². The second-order valence-corrected chi connectivity index (χ2v) is 8.50. The molecule has 0 spiro atoms. The number of carbonyl (C=O) groups is 2. The van der Waals surface area contributed by atoms with Gasteiger partial charge in [0.1, 0.15) is 0 Å². The predicted octanol–water partition coefficient (Wildman–Crippen LogP) is 3.46. The number of aromatic nitrogens is 1. The Morgan fingerprint density at radius 2 is 2.00 bits per heavy atom. The van der Waals surface area contributed by atoms with E-state index in [4.69, 9.17) is 0 Å². The number of piperidine rings is 1. The smallest absolute Gasteiger partial charge is 0.257 e. The minimum Gasteiger partial charge on any atom is -0.326 e. The van der Waals surface area contributed by atoms with E-state index in [1.807, 2.05) is 6.20 Å². The second kappa shape index (κ2) is 7.78. The number of hydrogen-bond acceptors (Lipinski definition) is 5. The van der Waals surface area contributed by atoms with Gasteiger partial charge in [0, 0.05) is 28.2 Å². The first-order chi connectivity index (χ1) is 13.1. The summed E-state index contributed by atoms with van der Waals surface area (Å²) in [5.74, 6) is 0.906. The van der Waals surface area contributed by atoms with Crippen LogP contribution in [0.4, 0.5) is 10.8 Å². The molecule has 4 rings (SSSR count). The summed E-state index contributed by atoms with van der Waals surface area (Å²) < 4.78 is 0. The van der Waals surface area contributed by atoms with Crippen molar-refractivity contribution in [3.63, 3.8) is 0 Å². The maximum absolute atomic E-state index is 12.6. The first-order valence-corrected chi connectivity index (χ1v) is 10.3. The van der Waals surface area contributed by atoms with Crippen LogP contribution in [-0.2, 0) is 4.79 Å². The van der Waals surface area contributed by atoms with Gasteiger partial charge in [0.25, 0.3) is 5.91 Å². The molecule has 2 aromatic rings. The number of anilines is 2. The van der Waals surface area contributed by atoms with Crippen molar-refractivity contribution in [2.24, 2.45) is 11.8 Å². The van der Waals surface area contributed by atoms with E-state index in [1.165, 1.54) is 4.88 Å². The Kier molecular flexibility index (Phi) is 5.22. The molecule has 1 saturated heterocycles. The number of nitrogens with one attached hydrogen (secondary N) is 3. The van der Waals surface area contributed by atoms with E-state index < -0.39 is 0 Å². The van der Waals surface area contributed by atoms with Crippen LogP contribution in [0.15, 0.2) is 30.5 Å². The molecule has 27 heavy (non-hydrogen) atoms. The maximum atomic E-state index is 12.6. The Bertz CT molecular complexity index is 844. The lowest BCUT2D eigenvalue weighted by Crippen LogP contribution is -2.26. The summed E-state index contributed by atoms with van der Waals surface area (Å²) in [5.41, 5.74) is 1.16. The lowest BCUT2D eigenvalue weighted by Gasteiger charge is -2.20. The zero-order chi connectivity index (χ0) is 18.8. The van der Waals surface area contributed by atoms with Crippen molar-refractivity contribution in [3.8, 4) is 0 Å². The number of nitrogens with zero attached hydrogens (tertiary/aromatic N) is 1. The molecule has 0 bridgehead atoms. The molecule has 142 valence electrons. The SMILES string of the molecule is CC1CC1C(=O)Nc1cccc(C(=O)Nc2ncc(C3CCNCC3)s2)c1.